The topological polar surface area (TPSA) is 206 Å². The molecule has 0 aromatic rings. The molecule has 0 aromatic carbocycles. The number of cyclic esters (lactones) is 1. The smallest absolute Gasteiger partial charge is 0.329 e. The molecule has 1 aliphatic carbocycles. The fraction of sp³-hybridized carbons (Fsp3) is 0.740. The standard InChI is InChI=1S/C50H77NO13/c1-29-15-11-10-12-16-30(2)41(61-8)27-37-20-18-35(7)50(60,64-37)47(57)48(58)51-22-14-13-17-38(51)49(59)63-42(32(4)25-36-19-21-39(52)43(26-36)62-9)28-40(53)31(3)24-34(6)45(55)46(56)44(54)33(5)23-29/h10-12,15-16,24,29,31-33,35-39,41-43,45-46,52,55-56,60H,13-14,17-23,25-28H2,1-9H3. The lowest BCUT2D eigenvalue weighted by molar-refractivity contribution is -0.265. The van der Waals surface area contributed by atoms with Crippen LogP contribution in [0.25, 0.3) is 0 Å². The van der Waals surface area contributed by atoms with Crippen LogP contribution in [0, 0.1) is 35.5 Å². The molecule has 1 saturated carbocycles. The molecular formula is C50H77NO13. The molecule has 0 spiro atoms. The van der Waals surface area contributed by atoms with Crippen LogP contribution in [0.2, 0.25) is 0 Å². The first-order valence-corrected chi connectivity index (χ1v) is 23.5. The summed E-state index contributed by atoms with van der Waals surface area (Å²) in [5, 5.41) is 44.5. The summed E-state index contributed by atoms with van der Waals surface area (Å²) in [7, 11) is 3.12. The van der Waals surface area contributed by atoms with Crippen LogP contribution in [0.5, 0.6) is 0 Å². The lowest BCUT2D eigenvalue weighted by atomic mass is 9.78. The number of piperidine rings is 1. The van der Waals surface area contributed by atoms with Crippen LogP contribution in [-0.4, -0.2) is 130 Å². The molecule has 15 unspecified atom stereocenters. The Bertz CT molecular complexity index is 1740. The molecule has 4 N–H and O–H groups in total. The molecule has 3 aliphatic heterocycles. The number of methoxy groups -OCH3 is 2. The number of Topliss-reactive ketones (excluding diaryl/α,β-unsaturated/α-hetero) is 3. The summed E-state index contributed by atoms with van der Waals surface area (Å²) in [4.78, 5) is 71.2. The summed E-state index contributed by atoms with van der Waals surface area (Å²) in [6, 6.07) is -1.15. The highest BCUT2D eigenvalue weighted by Gasteiger charge is 2.53. The van der Waals surface area contributed by atoms with Crippen molar-refractivity contribution in [1.29, 1.82) is 0 Å². The van der Waals surface area contributed by atoms with Crippen molar-refractivity contribution in [3.63, 3.8) is 0 Å². The van der Waals surface area contributed by atoms with E-state index in [1.54, 1.807) is 41.9 Å². The second-order valence-electron chi connectivity index (χ2n) is 19.4. The maximum Gasteiger partial charge on any atom is 0.329 e. The number of esters is 1. The number of aliphatic hydroxyl groups excluding tert-OH is 3. The normalized spacial score (nSPS) is 38.2. The number of nitrogens with zero attached hydrogens (tertiary/aromatic N) is 1. The van der Waals surface area contributed by atoms with Crippen molar-refractivity contribution in [3.8, 4) is 0 Å². The molecule has 3 heterocycles. The first-order valence-electron chi connectivity index (χ1n) is 23.5. The van der Waals surface area contributed by atoms with Gasteiger partial charge in [-0.1, -0.05) is 71.1 Å². The van der Waals surface area contributed by atoms with E-state index in [9.17, 15) is 44.4 Å². The van der Waals surface area contributed by atoms with Gasteiger partial charge in [-0.2, -0.15) is 0 Å². The largest absolute Gasteiger partial charge is 0.460 e. The lowest BCUT2D eigenvalue weighted by Crippen LogP contribution is -2.61. The third-order valence-corrected chi connectivity index (χ3v) is 14.2. The van der Waals surface area contributed by atoms with Gasteiger partial charge < -0.3 is 44.3 Å². The lowest BCUT2D eigenvalue weighted by Gasteiger charge is -2.42. The Morgan fingerprint density at radius 3 is 2.25 bits per heavy atom. The van der Waals surface area contributed by atoms with E-state index in [1.165, 1.54) is 11.0 Å². The van der Waals surface area contributed by atoms with E-state index in [4.69, 9.17) is 18.9 Å². The van der Waals surface area contributed by atoms with E-state index in [0.717, 1.165) is 5.57 Å². The van der Waals surface area contributed by atoms with E-state index in [0.29, 0.717) is 64.2 Å². The van der Waals surface area contributed by atoms with Crippen LogP contribution < -0.4 is 0 Å². The van der Waals surface area contributed by atoms with Gasteiger partial charge in [0, 0.05) is 51.4 Å². The highest BCUT2D eigenvalue weighted by Crippen LogP contribution is 2.38. The minimum atomic E-state index is -2.44. The molecule has 2 bridgehead atoms. The van der Waals surface area contributed by atoms with Crippen molar-refractivity contribution in [2.24, 2.45) is 35.5 Å². The molecule has 64 heavy (non-hydrogen) atoms. The van der Waals surface area contributed by atoms with Crippen molar-refractivity contribution in [2.75, 3.05) is 20.8 Å². The molecular weight excluding hydrogens is 823 g/mol. The van der Waals surface area contributed by atoms with E-state index in [-0.39, 0.29) is 54.6 Å². The summed E-state index contributed by atoms with van der Waals surface area (Å²) in [5.74, 6) is -8.59. The Morgan fingerprint density at radius 2 is 1.56 bits per heavy atom. The third kappa shape index (κ3) is 13.8. The number of aliphatic hydroxyl groups is 4. The summed E-state index contributed by atoms with van der Waals surface area (Å²) in [5.41, 5.74) is 1.11. The first kappa shape index (κ1) is 53.2. The fourth-order valence-corrected chi connectivity index (χ4v) is 9.89. The molecule has 4 rings (SSSR count). The Kier molecular flexibility index (Phi) is 20.3. The van der Waals surface area contributed by atoms with Gasteiger partial charge in [0.25, 0.3) is 11.7 Å². The van der Waals surface area contributed by atoms with Gasteiger partial charge >= 0.3 is 5.97 Å². The summed E-state index contributed by atoms with van der Waals surface area (Å²) in [6.45, 7) is 12.4. The van der Waals surface area contributed by atoms with Crippen LogP contribution in [0.1, 0.15) is 126 Å². The van der Waals surface area contributed by atoms with Gasteiger partial charge in [-0.3, -0.25) is 19.2 Å². The number of fused-ring (bicyclic) bond motifs is 3. The maximum atomic E-state index is 14.3. The van der Waals surface area contributed by atoms with Gasteiger partial charge in [0.1, 0.15) is 30.1 Å². The number of carbonyl (C=O) groups is 5. The molecule has 1 amide bonds. The molecule has 360 valence electrons. The Labute approximate surface area is 380 Å². The van der Waals surface area contributed by atoms with Gasteiger partial charge in [-0.25, -0.2) is 4.79 Å². The molecule has 4 aliphatic rings. The fourth-order valence-electron chi connectivity index (χ4n) is 9.89. The Morgan fingerprint density at radius 1 is 0.844 bits per heavy atom. The predicted octanol–water partition coefficient (Wildman–Crippen LogP) is 5.53. The number of hydrogen-bond acceptors (Lipinski definition) is 13. The Hall–Kier alpha value is -3.37. The molecule has 14 nitrogen and oxygen atoms in total. The van der Waals surface area contributed by atoms with Crippen molar-refractivity contribution >= 4 is 29.2 Å². The van der Waals surface area contributed by atoms with Gasteiger partial charge in [0.15, 0.2) is 5.78 Å². The maximum absolute atomic E-state index is 14.3. The van der Waals surface area contributed by atoms with E-state index in [1.807, 2.05) is 51.2 Å². The first-order chi connectivity index (χ1) is 30.2. The highest BCUT2D eigenvalue weighted by atomic mass is 16.6. The number of ether oxygens (including phenoxy) is 4. The minimum Gasteiger partial charge on any atom is -0.460 e. The summed E-state index contributed by atoms with van der Waals surface area (Å²) < 4.78 is 23.7. The van der Waals surface area contributed by atoms with Crippen LogP contribution >= 0.6 is 0 Å². The van der Waals surface area contributed by atoms with Gasteiger partial charge in [0.05, 0.1) is 24.4 Å². The zero-order valence-electron chi connectivity index (χ0n) is 39.6. The van der Waals surface area contributed by atoms with Crippen molar-refractivity contribution in [2.45, 2.75) is 180 Å². The number of ketones is 3. The second kappa shape index (κ2) is 24.4. The molecule has 3 fully saturated rings. The second-order valence-corrected chi connectivity index (χ2v) is 19.4. The van der Waals surface area contributed by atoms with Crippen LogP contribution in [-0.2, 0) is 42.9 Å². The molecule has 0 radical (unpaired) electrons. The monoisotopic (exact) mass is 900 g/mol. The zero-order chi connectivity index (χ0) is 47.5. The van der Waals surface area contributed by atoms with Crippen molar-refractivity contribution in [3.05, 3.63) is 47.6 Å². The number of carbonyl (C=O) groups excluding carboxylic acids is 5. The number of rotatable bonds is 5. The number of amides is 1. The van der Waals surface area contributed by atoms with E-state index in [2.05, 4.69) is 0 Å². The van der Waals surface area contributed by atoms with Crippen LogP contribution in [0.3, 0.4) is 0 Å². The number of allylic oxidation sites excluding steroid dienone is 6. The zero-order valence-corrected chi connectivity index (χ0v) is 39.6. The van der Waals surface area contributed by atoms with Crippen LogP contribution in [0.4, 0.5) is 0 Å². The molecule has 0 aromatic heterocycles. The van der Waals surface area contributed by atoms with Crippen LogP contribution in [0.15, 0.2) is 47.6 Å². The van der Waals surface area contributed by atoms with Gasteiger partial charge in [-0.05, 0) is 107 Å². The number of hydrogen-bond donors (Lipinski definition) is 4. The minimum absolute atomic E-state index is 0.0365. The van der Waals surface area contributed by atoms with Crippen molar-refractivity contribution in [1.82, 2.24) is 4.90 Å². The van der Waals surface area contributed by atoms with Gasteiger partial charge in [-0.15, -0.1) is 0 Å². The molecule has 14 heteroatoms. The molecule has 15 atom stereocenters. The van der Waals surface area contributed by atoms with Crippen molar-refractivity contribution < 1.29 is 63.3 Å². The average molecular weight is 900 g/mol. The van der Waals surface area contributed by atoms with Gasteiger partial charge in [0.2, 0.25) is 5.79 Å². The average Bonchev–Trinajstić information content (AvgIpc) is 3.27. The highest BCUT2D eigenvalue weighted by molar-refractivity contribution is 6.39. The quantitative estimate of drug-likeness (QED) is 0.153. The van der Waals surface area contributed by atoms with E-state index >= 15 is 0 Å². The SMILES string of the molecule is COC1CC2CCC(C)C(O)(O2)C(=O)C(=O)N2CCCCC2C(=O)OC(C(C)CC2CCC(O)C(OC)C2)CC(=O)C(C)C=C(C)C(O)C(O)C(=O)C(C)CC(C)C=CC=CC=C1C. The predicted molar refractivity (Wildman–Crippen MR) is 240 cm³/mol. The Balaban J connectivity index is 1.69. The van der Waals surface area contributed by atoms with E-state index < -0.39 is 89.6 Å². The molecule has 2 saturated heterocycles. The summed E-state index contributed by atoms with van der Waals surface area (Å²) in [6.07, 6.45) is 9.84. The summed E-state index contributed by atoms with van der Waals surface area (Å²) >= 11 is 0. The third-order valence-electron chi connectivity index (χ3n) is 14.2.